The van der Waals surface area contributed by atoms with Crippen molar-refractivity contribution < 1.29 is 84.6 Å². The number of hydrogen-bond acceptors (Lipinski definition) is 11. The van der Waals surface area contributed by atoms with Gasteiger partial charge in [0.05, 0.1) is 19.1 Å². The van der Waals surface area contributed by atoms with Crippen LogP contribution in [0.5, 0.6) is 0 Å². The average Bonchev–Trinajstić information content (AvgIpc) is 2.55. The molecule has 0 aromatic carbocycles. The summed E-state index contributed by atoms with van der Waals surface area (Å²) in [5.41, 5.74) is 2.04. The van der Waals surface area contributed by atoms with Gasteiger partial charge in [0.25, 0.3) is 0 Å². The van der Waals surface area contributed by atoms with Gasteiger partial charge in [0.1, 0.15) is 18.3 Å². The molecular formula is C12H21NO13Zn+2. The van der Waals surface area contributed by atoms with Gasteiger partial charge in [-0.1, -0.05) is 0 Å². The van der Waals surface area contributed by atoms with E-state index in [9.17, 15) is 24.6 Å². The maximum absolute atomic E-state index is 10.4. The number of nitrogens with two attached hydrogens (primary N) is 1. The second kappa shape index (κ2) is 11.5. The van der Waals surface area contributed by atoms with Crippen LogP contribution < -0.4 is 5.73 Å². The molecule has 1 aliphatic heterocycles. The second-order valence-electron chi connectivity index (χ2n) is 5.35. The van der Waals surface area contributed by atoms with Crippen molar-refractivity contribution in [1.82, 2.24) is 0 Å². The van der Waals surface area contributed by atoms with Gasteiger partial charge in [-0.3, -0.25) is 4.79 Å². The van der Waals surface area contributed by atoms with Crippen molar-refractivity contribution in [3.05, 3.63) is 0 Å². The Balaban J connectivity index is 0. The maximum Gasteiger partial charge on any atom is 2.00 e. The normalized spacial score (nSPS) is 30.6. The zero-order valence-corrected chi connectivity index (χ0v) is 16.8. The van der Waals surface area contributed by atoms with Crippen LogP contribution in [-0.2, 0) is 38.6 Å². The molecule has 11 N–H and O–H groups in total. The largest absolute Gasteiger partial charge is 2.00 e. The third kappa shape index (κ3) is 7.33. The monoisotopic (exact) mass is 451 g/mol. The molecule has 0 amide bonds. The summed E-state index contributed by atoms with van der Waals surface area (Å²) >= 11 is 0. The summed E-state index contributed by atoms with van der Waals surface area (Å²) < 4.78 is 4.70. The summed E-state index contributed by atoms with van der Waals surface area (Å²) in [5.74, 6) is -5.87. The zero-order chi connectivity index (χ0) is 20.8. The number of aliphatic hydroxyl groups is 6. The summed E-state index contributed by atoms with van der Waals surface area (Å²) in [7, 11) is 0. The van der Waals surface area contributed by atoms with E-state index in [0.29, 0.717) is 0 Å². The number of rotatable bonds is 6. The Morgan fingerprint density at radius 3 is 1.89 bits per heavy atom. The summed E-state index contributed by atoms with van der Waals surface area (Å²) in [6.45, 7) is -0.470. The topological polar surface area (TPSA) is 269 Å². The van der Waals surface area contributed by atoms with E-state index in [0.717, 1.165) is 0 Å². The van der Waals surface area contributed by atoms with Crippen LogP contribution in [0.2, 0.25) is 0 Å². The van der Waals surface area contributed by atoms with Gasteiger partial charge in [0.15, 0.2) is 12.4 Å². The van der Waals surface area contributed by atoms with Crippen LogP contribution in [0.4, 0.5) is 0 Å². The van der Waals surface area contributed by atoms with Gasteiger partial charge >= 0.3 is 37.4 Å². The number of ether oxygens (including phenoxy) is 1. The van der Waals surface area contributed by atoms with Crippen LogP contribution in [0.1, 0.15) is 6.42 Å². The number of carbonyl (C=O) groups is 3. The molecule has 0 spiro atoms. The van der Waals surface area contributed by atoms with Gasteiger partial charge in [-0.15, -0.1) is 0 Å². The third-order valence-corrected chi connectivity index (χ3v) is 3.43. The van der Waals surface area contributed by atoms with Crippen molar-refractivity contribution >= 4 is 17.9 Å². The van der Waals surface area contributed by atoms with E-state index >= 15 is 0 Å². The number of carboxylic acids is 3. The molecule has 0 aromatic heterocycles. The minimum Gasteiger partial charge on any atom is -0.481 e. The molecule has 1 rings (SSSR count). The molecule has 152 valence electrons. The average molecular weight is 453 g/mol. The summed E-state index contributed by atoms with van der Waals surface area (Å²) in [6, 6.07) is -1.04. The summed E-state index contributed by atoms with van der Waals surface area (Å²) in [4.78, 5) is 30.7. The van der Waals surface area contributed by atoms with Crippen LogP contribution in [0, 0.1) is 0 Å². The third-order valence-electron chi connectivity index (χ3n) is 3.43. The number of aliphatic carboxylic acids is 3. The molecule has 0 bridgehead atoms. The second-order valence-corrected chi connectivity index (χ2v) is 5.35. The van der Waals surface area contributed by atoms with Gasteiger partial charge in [-0.25, -0.2) is 9.59 Å². The molecule has 1 heterocycles. The number of carboxylic acid groups (broad SMARTS) is 3. The molecule has 3 unspecified atom stereocenters. The van der Waals surface area contributed by atoms with E-state index in [4.69, 9.17) is 46.2 Å². The molecule has 15 heteroatoms. The van der Waals surface area contributed by atoms with E-state index in [1.807, 2.05) is 0 Å². The van der Waals surface area contributed by atoms with E-state index < -0.39 is 73.3 Å². The first-order chi connectivity index (χ1) is 11.8. The molecule has 0 radical (unpaired) electrons. The van der Waals surface area contributed by atoms with Crippen LogP contribution in [0.3, 0.4) is 0 Å². The van der Waals surface area contributed by atoms with Gasteiger partial charge in [-0.05, 0) is 0 Å². The minimum absolute atomic E-state index is 0. The SMILES string of the molecule is N[C@H]1C(O)O[C@H](CO)[C@@H](O)[C@@H]1O.O=C(O)CC(O)(C(=O)O)C(O)C(=O)O.[Zn+2]. The standard InChI is InChI=1S/C6H13NO5.C6H8O8.Zn/c7-3-5(10)4(9)2(1-8)12-6(3)11;7-2(8)1-6(14,5(12)13)3(9)4(10)11;/h2-6,8-11H,1,7H2;3,9,14H,1H2,(H,7,8)(H,10,11)(H,12,13);/q;;+2/t2-,3-,4-,5-,6?;;/m1../s1. The molecule has 7 atom stereocenters. The predicted molar refractivity (Wildman–Crippen MR) is 76.4 cm³/mol. The fourth-order valence-corrected chi connectivity index (χ4v) is 1.84. The van der Waals surface area contributed by atoms with Crippen LogP contribution in [0.15, 0.2) is 0 Å². The molecular weight excluding hydrogens is 432 g/mol. The van der Waals surface area contributed by atoms with Crippen molar-refractivity contribution in [3.8, 4) is 0 Å². The molecule has 1 fully saturated rings. The van der Waals surface area contributed by atoms with Crippen molar-refractivity contribution in [2.24, 2.45) is 5.73 Å². The molecule has 0 aliphatic carbocycles. The van der Waals surface area contributed by atoms with Gasteiger partial charge < -0.3 is 56.4 Å². The van der Waals surface area contributed by atoms with Crippen molar-refractivity contribution in [2.75, 3.05) is 6.61 Å². The van der Waals surface area contributed by atoms with Crippen LogP contribution in [-0.4, -0.2) is 113 Å². The van der Waals surface area contributed by atoms with E-state index in [-0.39, 0.29) is 19.5 Å². The Labute approximate surface area is 164 Å². The van der Waals surface area contributed by atoms with E-state index in [1.54, 1.807) is 0 Å². The van der Waals surface area contributed by atoms with Gasteiger partial charge in [0.2, 0.25) is 5.60 Å². The Bertz CT molecular complexity index is 515. The van der Waals surface area contributed by atoms with Crippen LogP contribution >= 0.6 is 0 Å². The first-order valence-corrected chi connectivity index (χ1v) is 6.94. The minimum atomic E-state index is -3.22. The predicted octanol–water partition coefficient (Wildman–Crippen LogP) is -5.54. The van der Waals surface area contributed by atoms with Crippen molar-refractivity contribution in [2.45, 2.75) is 48.8 Å². The molecule has 14 nitrogen and oxygen atoms in total. The zero-order valence-electron chi connectivity index (χ0n) is 13.8. The van der Waals surface area contributed by atoms with Gasteiger partial charge in [-0.2, -0.15) is 0 Å². The Morgan fingerprint density at radius 1 is 1.07 bits per heavy atom. The summed E-state index contributed by atoms with van der Waals surface area (Å²) in [6.07, 6.45) is -8.96. The molecule has 1 aliphatic rings. The molecule has 27 heavy (non-hydrogen) atoms. The Morgan fingerprint density at radius 2 is 1.56 bits per heavy atom. The Kier molecular flexibility index (Phi) is 11.9. The van der Waals surface area contributed by atoms with Gasteiger partial charge in [0, 0.05) is 0 Å². The van der Waals surface area contributed by atoms with Crippen LogP contribution in [0.25, 0.3) is 0 Å². The molecule has 0 aromatic rings. The van der Waals surface area contributed by atoms with Crippen molar-refractivity contribution in [3.63, 3.8) is 0 Å². The van der Waals surface area contributed by atoms with Crippen molar-refractivity contribution in [1.29, 1.82) is 0 Å². The fraction of sp³-hybridized carbons (Fsp3) is 0.750. The fourth-order valence-electron chi connectivity index (χ4n) is 1.84. The number of hydrogen-bond donors (Lipinski definition) is 10. The first kappa shape index (κ1) is 27.9. The molecule has 0 saturated carbocycles. The molecule has 1 saturated heterocycles. The van der Waals surface area contributed by atoms with E-state index in [1.165, 1.54) is 0 Å². The summed E-state index contributed by atoms with van der Waals surface area (Å²) in [5, 5.41) is 78.7. The first-order valence-electron chi connectivity index (χ1n) is 6.94. The maximum atomic E-state index is 10.4. The smallest absolute Gasteiger partial charge is 0.481 e. The Hall–Kier alpha value is -1.29. The van der Waals surface area contributed by atoms with E-state index in [2.05, 4.69) is 0 Å². The number of aliphatic hydroxyl groups excluding tert-OH is 5. The quantitative estimate of drug-likeness (QED) is 0.168.